The largest absolute Gasteiger partial charge is 0.369 e. The van der Waals surface area contributed by atoms with Gasteiger partial charge in [-0.2, -0.15) is 5.10 Å². The molecule has 0 saturated carbocycles. The van der Waals surface area contributed by atoms with Crippen molar-refractivity contribution in [1.82, 2.24) is 4.90 Å². The van der Waals surface area contributed by atoms with Crippen molar-refractivity contribution in [1.29, 1.82) is 0 Å². The Morgan fingerprint density at radius 3 is 2.95 bits per heavy atom. The van der Waals surface area contributed by atoms with Crippen molar-refractivity contribution in [3.63, 3.8) is 0 Å². The molecule has 1 unspecified atom stereocenters. The Morgan fingerprint density at radius 2 is 2.20 bits per heavy atom. The summed E-state index contributed by atoms with van der Waals surface area (Å²) in [4.78, 5) is 2.50. The average Bonchev–Trinajstić information content (AvgIpc) is 2.40. The predicted octanol–water partition coefficient (Wildman–Crippen LogP) is 1.53. The summed E-state index contributed by atoms with van der Waals surface area (Å²) in [6, 6.07) is 8.23. The van der Waals surface area contributed by atoms with Crippen LogP contribution < -0.4 is 11.5 Å². The summed E-state index contributed by atoms with van der Waals surface area (Å²) in [7, 11) is 0. The Morgan fingerprint density at radius 1 is 1.40 bits per heavy atom. The summed E-state index contributed by atoms with van der Waals surface area (Å²) >= 11 is 0. The highest BCUT2D eigenvalue weighted by atomic mass is 15.3. The van der Waals surface area contributed by atoms with Gasteiger partial charge in [0.15, 0.2) is 0 Å². The van der Waals surface area contributed by atoms with Crippen LogP contribution in [0.25, 0.3) is 0 Å². The third-order valence-electron chi connectivity index (χ3n) is 3.56. The molecule has 0 radical (unpaired) electrons. The molecule has 1 aromatic rings. The lowest BCUT2D eigenvalue weighted by Crippen LogP contribution is -2.33. The van der Waals surface area contributed by atoms with Crippen molar-refractivity contribution in [2.75, 3.05) is 13.1 Å². The summed E-state index contributed by atoms with van der Waals surface area (Å²) < 4.78 is 0. The first-order chi connectivity index (χ1) is 9.65. The third-order valence-corrected chi connectivity index (χ3v) is 3.56. The van der Waals surface area contributed by atoms with E-state index < -0.39 is 0 Å². The molecule has 108 valence electrons. The molecule has 0 aromatic heterocycles. The van der Waals surface area contributed by atoms with Crippen LogP contribution in [0.3, 0.4) is 0 Å². The molecule has 4 N–H and O–H groups in total. The Hall–Kier alpha value is -1.88. The second kappa shape index (κ2) is 7.05. The number of likely N-dealkylation sites (tertiary alicyclic amines) is 1. The molecular formula is C15H23N5. The van der Waals surface area contributed by atoms with Crippen LogP contribution in [-0.4, -0.2) is 30.2 Å². The van der Waals surface area contributed by atoms with Crippen molar-refractivity contribution in [2.24, 2.45) is 27.6 Å². The molecule has 0 bridgehead atoms. The Labute approximate surface area is 120 Å². The lowest BCUT2D eigenvalue weighted by molar-refractivity contribution is 0.176. The highest BCUT2D eigenvalue weighted by molar-refractivity contribution is 5.83. The number of rotatable bonds is 4. The molecule has 1 fully saturated rings. The van der Waals surface area contributed by atoms with Crippen molar-refractivity contribution in [3.8, 4) is 0 Å². The molecule has 0 spiro atoms. The minimum absolute atomic E-state index is 0.0245. The molecule has 2 rings (SSSR count). The van der Waals surface area contributed by atoms with Crippen molar-refractivity contribution < 1.29 is 0 Å². The molecule has 1 atom stereocenters. The Balaban J connectivity index is 2.07. The predicted molar refractivity (Wildman–Crippen MR) is 83.5 cm³/mol. The van der Waals surface area contributed by atoms with Crippen molar-refractivity contribution in [2.45, 2.75) is 26.3 Å². The molecule has 1 aliphatic rings. The zero-order valence-corrected chi connectivity index (χ0v) is 12.0. The minimum atomic E-state index is -0.0245. The Kier molecular flexibility index (Phi) is 5.12. The number of nitrogens with zero attached hydrogens (tertiary/aromatic N) is 3. The molecular weight excluding hydrogens is 250 g/mol. The highest BCUT2D eigenvalue weighted by Gasteiger charge is 2.16. The van der Waals surface area contributed by atoms with Gasteiger partial charge in [0, 0.05) is 13.1 Å². The number of benzene rings is 1. The normalized spacial score (nSPS) is 20.1. The van der Waals surface area contributed by atoms with E-state index >= 15 is 0 Å². The molecule has 5 heteroatoms. The van der Waals surface area contributed by atoms with Crippen LogP contribution in [0.1, 0.15) is 30.9 Å². The monoisotopic (exact) mass is 273 g/mol. The Bertz CT molecular complexity index is 491. The van der Waals surface area contributed by atoms with E-state index in [1.165, 1.54) is 31.5 Å². The van der Waals surface area contributed by atoms with Crippen molar-refractivity contribution in [3.05, 3.63) is 35.4 Å². The standard InChI is InChI=1S/C15H23N5/c1-12-5-4-8-20(10-12)11-14-7-3-2-6-13(14)9-18-19-15(16)17/h2-3,6-7,9,12H,4-5,8,10-11H2,1H3,(H4,16,17,19). The topological polar surface area (TPSA) is 80.0 Å². The molecule has 0 aliphatic carbocycles. The smallest absolute Gasteiger partial charge is 0.211 e. The number of hydrogen-bond acceptors (Lipinski definition) is 3. The first kappa shape index (κ1) is 14.5. The van der Waals surface area contributed by atoms with Gasteiger partial charge in [-0.1, -0.05) is 31.2 Å². The van der Waals surface area contributed by atoms with E-state index in [4.69, 9.17) is 11.5 Å². The number of nitrogens with two attached hydrogens (primary N) is 2. The van der Waals surface area contributed by atoms with E-state index in [0.29, 0.717) is 0 Å². The van der Waals surface area contributed by atoms with Crippen LogP contribution in [0.5, 0.6) is 0 Å². The van der Waals surface area contributed by atoms with E-state index in [-0.39, 0.29) is 5.96 Å². The van der Waals surface area contributed by atoms with Gasteiger partial charge >= 0.3 is 0 Å². The zero-order valence-electron chi connectivity index (χ0n) is 12.0. The van der Waals surface area contributed by atoms with Crippen LogP contribution in [0, 0.1) is 5.92 Å². The lowest BCUT2D eigenvalue weighted by atomic mass is 9.99. The molecule has 20 heavy (non-hydrogen) atoms. The fourth-order valence-corrected chi connectivity index (χ4v) is 2.63. The van der Waals surface area contributed by atoms with Gasteiger partial charge in [0.1, 0.15) is 0 Å². The van der Waals surface area contributed by atoms with E-state index in [9.17, 15) is 0 Å². The van der Waals surface area contributed by atoms with Gasteiger partial charge in [-0.05, 0) is 36.4 Å². The van der Waals surface area contributed by atoms with Crippen LogP contribution >= 0.6 is 0 Å². The fourth-order valence-electron chi connectivity index (χ4n) is 2.63. The van der Waals surface area contributed by atoms with Gasteiger partial charge < -0.3 is 11.5 Å². The molecule has 1 heterocycles. The summed E-state index contributed by atoms with van der Waals surface area (Å²) in [5, 5.41) is 7.55. The molecule has 1 saturated heterocycles. The van der Waals surface area contributed by atoms with Gasteiger partial charge in [-0.3, -0.25) is 4.90 Å². The van der Waals surface area contributed by atoms with Crippen molar-refractivity contribution >= 4 is 12.2 Å². The quantitative estimate of drug-likeness (QED) is 0.496. The second-order valence-electron chi connectivity index (χ2n) is 5.45. The molecule has 1 aliphatic heterocycles. The van der Waals surface area contributed by atoms with E-state index in [1.54, 1.807) is 6.21 Å². The SMILES string of the molecule is CC1CCCN(Cc2ccccc2C=NN=C(N)N)C1. The van der Waals surface area contributed by atoms with Crippen LogP contribution in [0.4, 0.5) is 0 Å². The summed E-state index contributed by atoms with van der Waals surface area (Å²) in [5.41, 5.74) is 12.9. The maximum Gasteiger partial charge on any atom is 0.211 e. The summed E-state index contributed by atoms with van der Waals surface area (Å²) in [5.74, 6) is 0.759. The minimum Gasteiger partial charge on any atom is -0.369 e. The second-order valence-corrected chi connectivity index (χ2v) is 5.45. The van der Waals surface area contributed by atoms with Gasteiger partial charge in [0.25, 0.3) is 0 Å². The van der Waals surface area contributed by atoms with E-state index in [1.807, 2.05) is 12.1 Å². The fraction of sp³-hybridized carbons (Fsp3) is 0.467. The van der Waals surface area contributed by atoms with Gasteiger partial charge in [-0.15, -0.1) is 5.10 Å². The number of hydrogen-bond donors (Lipinski definition) is 2. The number of piperidine rings is 1. The molecule has 0 amide bonds. The van der Waals surface area contributed by atoms with Crippen LogP contribution in [0.15, 0.2) is 34.5 Å². The van der Waals surface area contributed by atoms with Gasteiger partial charge in [0.05, 0.1) is 6.21 Å². The lowest BCUT2D eigenvalue weighted by Gasteiger charge is -2.31. The van der Waals surface area contributed by atoms with Crippen LogP contribution in [-0.2, 0) is 6.54 Å². The first-order valence-corrected chi connectivity index (χ1v) is 7.07. The third kappa shape index (κ3) is 4.35. The first-order valence-electron chi connectivity index (χ1n) is 7.07. The highest BCUT2D eigenvalue weighted by Crippen LogP contribution is 2.18. The van der Waals surface area contributed by atoms with Crippen LogP contribution in [0.2, 0.25) is 0 Å². The molecule has 1 aromatic carbocycles. The van der Waals surface area contributed by atoms with E-state index in [0.717, 1.165) is 18.0 Å². The summed E-state index contributed by atoms with van der Waals surface area (Å²) in [6.45, 7) is 5.61. The zero-order chi connectivity index (χ0) is 14.4. The van der Waals surface area contributed by atoms with E-state index in [2.05, 4.69) is 34.2 Å². The average molecular weight is 273 g/mol. The summed E-state index contributed by atoms with van der Waals surface area (Å²) in [6.07, 6.45) is 4.33. The van der Waals surface area contributed by atoms with Gasteiger partial charge in [0.2, 0.25) is 5.96 Å². The molecule has 5 nitrogen and oxygen atoms in total. The number of guanidine groups is 1. The maximum absolute atomic E-state index is 5.27. The van der Waals surface area contributed by atoms with Gasteiger partial charge in [-0.25, -0.2) is 0 Å². The maximum atomic E-state index is 5.27.